The highest BCUT2D eigenvalue weighted by atomic mass is 35.5. The fourth-order valence-corrected chi connectivity index (χ4v) is 4.58. The Kier molecular flexibility index (Phi) is 6.11. The van der Waals surface area contributed by atoms with E-state index in [1.54, 1.807) is 7.11 Å². The molecular formula is C23H28ClN3O2. The second-order valence-corrected chi connectivity index (χ2v) is 7.71. The highest BCUT2D eigenvalue weighted by Gasteiger charge is 2.30. The minimum atomic E-state index is 0. The van der Waals surface area contributed by atoms with Gasteiger partial charge in [-0.1, -0.05) is 30.3 Å². The van der Waals surface area contributed by atoms with Gasteiger partial charge in [-0.15, -0.1) is 0 Å². The number of fused-ring (bicyclic) bond motifs is 3. The Hall–Kier alpha value is -2.05. The zero-order valence-electron chi connectivity index (χ0n) is 17.7. The smallest absolute Gasteiger partial charge is 1.00 e. The van der Waals surface area contributed by atoms with Crippen molar-refractivity contribution in [1.29, 1.82) is 0 Å². The number of aromatic amines is 1. The first kappa shape index (κ1) is 20.2. The molecule has 5 nitrogen and oxygen atoms in total. The maximum absolute atomic E-state index is 5.48. The van der Waals surface area contributed by atoms with Crippen LogP contribution in [0.2, 0.25) is 0 Å². The number of benzene rings is 2. The summed E-state index contributed by atoms with van der Waals surface area (Å²) in [6, 6.07) is 18.0. The molecule has 2 atom stereocenters. The first-order chi connectivity index (χ1) is 13.8. The molecule has 2 N–H and O–H groups in total. The molecule has 6 heteroatoms. The Morgan fingerprint density at radius 1 is 1.10 bits per heavy atom. The van der Waals surface area contributed by atoms with Gasteiger partial charge >= 0.3 is 1.43 Å². The van der Waals surface area contributed by atoms with Crippen LogP contribution in [0.25, 0.3) is 10.9 Å². The molecule has 5 rings (SSSR count). The monoisotopic (exact) mass is 413 g/mol. The number of nitrogens with one attached hydrogen (secondary N) is 2. The van der Waals surface area contributed by atoms with Gasteiger partial charge in [0, 0.05) is 48.5 Å². The molecule has 0 saturated carbocycles. The lowest BCUT2D eigenvalue weighted by atomic mass is 9.90. The summed E-state index contributed by atoms with van der Waals surface area (Å²) in [6.07, 6.45) is 0.982. The lowest BCUT2D eigenvalue weighted by Gasteiger charge is -2.32. The molecule has 0 amide bonds. The number of ether oxygens (including phenoxy) is 2. The van der Waals surface area contributed by atoms with Crippen molar-refractivity contribution in [3.63, 3.8) is 0 Å². The molecule has 0 bridgehead atoms. The zero-order valence-corrected chi connectivity index (χ0v) is 17.4. The summed E-state index contributed by atoms with van der Waals surface area (Å²) in [4.78, 5) is 6.07. The zero-order chi connectivity index (χ0) is 18.9. The maximum atomic E-state index is 5.48. The second-order valence-electron chi connectivity index (χ2n) is 7.71. The molecule has 2 aliphatic rings. The van der Waals surface area contributed by atoms with Gasteiger partial charge in [0.05, 0.1) is 25.9 Å². The van der Waals surface area contributed by atoms with Crippen molar-refractivity contribution >= 4 is 16.6 Å². The average Bonchev–Trinajstić information content (AvgIpc) is 3.13. The normalized spacial score (nSPS) is 21.6. The van der Waals surface area contributed by atoms with E-state index in [2.05, 4.69) is 63.7 Å². The summed E-state index contributed by atoms with van der Waals surface area (Å²) < 4.78 is 11.0. The number of para-hydroxylation sites is 1. The number of nitrogens with zero attached hydrogens (tertiary/aromatic N) is 1. The lowest BCUT2D eigenvalue weighted by molar-refractivity contribution is -0.00000665. The van der Waals surface area contributed by atoms with Crippen LogP contribution in [0.5, 0.6) is 0 Å². The van der Waals surface area contributed by atoms with E-state index in [1.807, 2.05) is 0 Å². The number of H-pyrrole nitrogens is 1. The van der Waals surface area contributed by atoms with E-state index in [-0.39, 0.29) is 19.9 Å². The number of aromatic nitrogens is 1. The Morgan fingerprint density at radius 2 is 1.86 bits per heavy atom. The molecule has 0 radical (unpaired) electrons. The SMILES string of the molecule is COC[C@H]1Cc2c([nH]c3ccccc23)C(c2ccc(N3CCOCC3)cc2)N1.[Cl-].[H+]. The summed E-state index contributed by atoms with van der Waals surface area (Å²) in [5.41, 5.74) is 6.47. The second kappa shape index (κ2) is 8.76. The van der Waals surface area contributed by atoms with Crippen molar-refractivity contribution in [2.24, 2.45) is 0 Å². The van der Waals surface area contributed by atoms with Crippen LogP contribution in [0.1, 0.15) is 24.3 Å². The standard InChI is InChI=1S/C23H27N3O2.ClH/c1-27-15-17-14-20-19-4-2-3-5-21(19)25-23(20)22(24-17)16-6-8-18(9-7-16)26-10-12-28-13-11-26;/h2-9,17,22,24-25H,10-15H2,1H3;1H/t17-,22?;/m1./s1. The van der Waals surface area contributed by atoms with Crippen LogP contribution in [0, 0.1) is 0 Å². The van der Waals surface area contributed by atoms with E-state index in [9.17, 15) is 0 Å². The molecule has 1 aromatic heterocycles. The van der Waals surface area contributed by atoms with Crippen LogP contribution >= 0.6 is 0 Å². The van der Waals surface area contributed by atoms with Crippen molar-refractivity contribution < 1.29 is 23.3 Å². The first-order valence-electron chi connectivity index (χ1n) is 10.1. The van der Waals surface area contributed by atoms with Gasteiger partial charge in [-0.25, -0.2) is 0 Å². The van der Waals surface area contributed by atoms with Gasteiger partial charge in [0.2, 0.25) is 0 Å². The van der Waals surface area contributed by atoms with Crippen LogP contribution in [0.4, 0.5) is 5.69 Å². The molecule has 1 fully saturated rings. The third-order valence-corrected chi connectivity index (χ3v) is 5.96. The lowest BCUT2D eigenvalue weighted by Crippen LogP contribution is -3.00. The number of morpholine rings is 1. The molecular weight excluding hydrogens is 386 g/mol. The summed E-state index contributed by atoms with van der Waals surface area (Å²) in [7, 11) is 1.78. The van der Waals surface area contributed by atoms with Gasteiger partial charge in [-0.3, -0.25) is 5.32 Å². The van der Waals surface area contributed by atoms with E-state index in [4.69, 9.17) is 9.47 Å². The summed E-state index contributed by atoms with van der Waals surface area (Å²) in [5.74, 6) is 0. The Morgan fingerprint density at radius 3 is 2.62 bits per heavy atom. The van der Waals surface area contributed by atoms with Gasteiger partial charge in [0.25, 0.3) is 0 Å². The predicted octanol–water partition coefficient (Wildman–Crippen LogP) is 0.371. The molecule has 1 unspecified atom stereocenters. The van der Waals surface area contributed by atoms with Gasteiger partial charge < -0.3 is 31.8 Å². The number of methoxy groups -OCH3 is 1. The van der Waals surface area contributed by atoms with E-state index in [0.29, 0.717) is 12.6 Å². The van der Waals surface area contributed by atoms with Crippen LogP contribution in [0.3, 0.4) is 0 Å². The molecule has 2 aromatic carbocycles. The molecule has 154 valence electrons. The Bertz CT molecular complexity index is 957. The molecule has 3 heterocycles. The van der Waals surface area contributed by atoms with E-state index in [0.717, 1.165) is 32.7 Å². The average molecular weight is 414 g/mol. The van der Waals surface area contributed by atoms with E-state index < -0.39 is 0 Å². The van der Waals surface area contributed by atoms with Crippen molar-refractivity contribution in [2.45, 2.75) is 18.5 Å². The van der Waals surface area contributed by atoms with Gasteiger partial charge in [-0.05, 0) is 35.7 Å². The Labute approximate surface area is 179 Å². The predicted molar refractivity (Wildman–Crippen MR) is 113 cm³/mol. The quantitative estimate of drug-likeness (QED) is 0.649. The first-order valence-corrected chi connectivity index (χ1v) is 10.1. The topological polar surface area (TPSA) is 49.5 Å². The molecule has 2 aliphatic heterocycles. The summed E-state index contributed by atoms with van der Waals surface area (Å²) >= 11 is 0. The Balaban J connectivity index is 0.00000128. The van der Waals surface area contributed by atoms with E-state index in [1.165, 1.54) is 33.4 Å². The van der Waals surface area contributed by atoms with Crippen LogP contribution in [0.15, 0.2) is 48.5 Å². The van der Waals surface area contributed by atoms with Gasteiger partial charge in [0.1, 0.15) is 0 Å². The highest BCUT2D eigenvalue weighted by molar-refractivity contribution is 5.85. The van der Waals surface area contributed by atoms with Crippen molar-refractivity contribution in [1.82, 2.24) is 10.3 Å². The van der Waals surface area contributed by atoms with E-state index >= 15 is 0 Å². The summed E-state index contributed by atoms with van der Waals surface area (Å²) in [5, 5.41) is 5.13. The fourth-order valence-electron chi connectivity index (χ4n) is 4.58. The minimum Gasteiger partial charge on any atom is -1.00 e. The van der Waals surface area contributed by atoms with Crippen molar-refractivity contribution in [3.05, 3.63) is 65.4 Å². The molecule has 0 aliphatic carbocycles. The third-order valence-electron chi connectivity index (χ3n) is 5.96. The van der Waals surface area contributed by atoms with Crippen LogP contribution in [-0.4, -0.2) is 51.0 Å². The molecule has 3 aromatic rings. The van der Waals surface area contributed by atoms with Crippen LogP contribution < -0.4 is 22.6 Å². The number of rotatable bonds is 4. The molecule has 0 spiro atoms. The number of anilines is 1. The van der Waals surface area contributed by atoms with Crippen molar-refractivity contribution in [3.8, 4) is 0 Å². The largest absolute Gasteiger partial charge is 1.00 e. The number of halogens is 1. The highest BCUT2D eigenvalue weighted by Crippen LogP contribution is 2.35. The fraction of sp³-hybridized carbons (Fsp3) is 0.391. The van der Waals surface area contributed by atoms with Crippen LogP contribution in [-0.2, 0) is 15.9 Å². The summed E-state index contributed by atoms with van der Waals surface area (Å²) in [6.45, 7) is 4.25. The number of hydrogen-bond acceptors (Lipinski definition) is 4. The number of hydrogen-bond donors (Lipinski definition) is 2. The van der Waals surface area contributed by atoms with Crippen molar-refractivity contribution in [2.75, 3.05) is 44.9 Å². The molecule has 1 saturated heterocycles. The van der Waals surface area contributed by atoms with Gasteiger partial charge in [-0.2, -0.15) is 0 Å². The molecule has 29 heavy (non-hydrogen) atoms. The minimum absolute atomic E-state index is 0. The third kappa shape index (κ3) is 3.88. The van der Waals surface area contributed by atoms with Gasteiger partial charge in [0.15, 0.2) is 0 Å². The maximum Gasteiger partial charge on any atom is 1.00 e.